The van der Waals surface area contributed by atoms with Gasteiger partial charge in [-0.1, -0.05) is 29.8 Å². The Kier molecular flexibility index (Phi) is 3.12. The SMILES string of the molecule is CC(c1ccccc1Cl)N1CC2CNCC2C1. The maximum absolute atomic E-state index is 6.28. The van der Waals surface area contributed by atoms with Crippen LogP contribution in [0.1, 0.15) is 18.5 Å². The van der Waals surface area contributed by atoms with Gasteiger partial charge in [-0.25, -0.2) is 0 Å². The van der Waals surface area contributed by atoms with Crippen molar-refractivity contribution in [2.24, 2.45) is 11.8 Å². The van der Waals surface area contributed by atoms with Gasteiger partial charge in [-0.05, 0) is 43.5 Å². The number of hydrogen-bond acceptors (Lipinski definition) is 2. The van der Waals surface area contributed by atoms with E-state index < -0.39 is 0 Å². The summed E-state index contributed by atoms with van der Waals surface area (Å²) in [4.78, 5) is 2.58. The molecule has 2 saturated heterocycles. The van der Waals surface area contributed by atoms with Crippen molar-refractivity contribution < 1.29 is 0 Å². The maximum atomic E-state index is 6.28. The van der Waals surface area contributed by atoms with Gasteiger partial charge in [0, 0.05) is 24.2 Å². The number of hydrogen-bond donors (Lipinski definition) is 1. The first-order valence-corrected chi connectivity index (χ1v) is 6.82. The van der Waals surface area contributed by atoms with Crippen molar-refractivity contribution in [3.05, 3.63) is 34.9 Å². The highest BCUT2D eigenvalue weighted by molar-refractivity contribution is 6.31. The number of halogens is 1. The summed E-state index contributed by atoms with van der Waals surface area (Å²) < 4.78 is 0. The van der Waals surface area contributed by atoms with Gasteiger partial charge >= 0.3 is 0 Å². The second-order valence-corrected chi connectivity index (χ2v) is 5.74. The molecule has 3 heteroatoms. The average molecular weight is 251 g/mol. The van der Waals surface area contributed by atoms with Crippen LogP contribution in [0.15, 0.2) is 24.3 Å². The van der Waals surface area contributed by atoms with Gasteiger partial charge in [-0.3, -0.25) is 4.90 Å². The molecule has 0 spiro atoms. The summed E-state index contributed by atoms with van der Waals surface area (Å²) in [5, 5.41) is 4.38. The zero-order valence-corrected chi connectivity index (χ0v) is 11.0. The molecule has 2 nitrogen and oxygen atoms in total. The van der Waals surface area contributed by atoms with E-state index in [1.54, 1.807) is 0 Å². The molecule has 1 aromatic rings. The third-order valence-electron chi connectivity index (χ3n) is 4.32. The number of nitrogens with one attached hydrogen (secondary N) is 1. The summed E-state index contributed by atoms with van der Waals surface area (Å²) in [5.74, 6) is 1.69. The summed E-state index contributed by atoms with van der Waals surface area (Å²) in [6, 6.07) is 8.66. The highest BCUT2D eigenvalue weighted by Crippen LogP contribution is 2.34. The monoisotopic (exact) mass is 250 g/mol. The molecule has 0 radical (unpaired) electrons. The lowest BCUT2D eigenvalue weighted by Crippen LogP contribution is -2.28. The van der Waals surface area contributed by atoms with E-state index in [-0.39, 0.29) is 0 Å². The van der Waals surface area contributed by atoms with Crippen molar-refractivity contribution in [3.8, 4) is 0 Å². The van der Waals surface area contributed by atoms with Crippen LogP contribution in [0.2, 0.25) is 5.02 Å². The third kappa shape index (κ3) is 2.10. The van der Waals surface area contributed by atoms with Gasteiger partial charge < -0.3 is 5.32 Å². The van der Waals surface area contributed by atoms with Crippen LogP contribution in [0, 0.1) is 11.8 Å². The molecular formula is C14H19ClN2. The van der Waals surface area contributed by atoms with Gasteiger partial charge in [0.1, 0.15) is 0 Å². The predicted molar refractivity (Wildman–Crippen MR) is 71.3 cm³/mol. The number of fused-ring (bicyclic) bond motifs is 1. The van der Waals surface area contributed by atoms with Crippen LogP contribution in [-0.2, 0) is 0 Å². The lowest BCUT2D eigenvalue weighted by Gasteiger charge is -2.26. The second kappa shape index (κ2) is 4.60. The van der Waals surface area contributed by atoms with Crippen LogP contribution in [0.5, 0.6) is 0 Å². The lowest BCUT2D eigenvalue weighted by atomic mass is 10.0. The fourth-order valence-electron chi connectivity index (χ4n) is 3.22. The van der Waals surface area contributed by atoms with E-state index in [4.69, 9.17) is 11.6 Å². The van der Waals surface area contributed by atoms with Gasteiger partial charge in [0.05, 0.1) is 0 Å². The minimum Gasteiger partial charge on any atom is -0.316 e. The normalized spacial score (nSPS) is 30.5. The van der Waals surface area contributed by atoms with Crippen molar-refractivity contribution in [2.75, 3.05) is 26.2 Å². The fraction of sp³-hybridized carbons (Fsp3) is 0.571. The van der Waals surface area contributed by atoms with E-state index in [1.165, 1.54) is 31.7 Å². The molecule has 3 unspecified atom stereocenters. The van der Waals surface area contributed by atoms with Crippen LogP contribution < -0.4 is 5.32 Å². The van der Waals surface area contributed by atoms with Crippen molar-refractivity contribution in [1.82, 2.24) is 10.2 Å². The molecule has 2 heterocycles. The summed E-state index contributed by atoms with van der Waals surface area (Å²) >= 11 is 6.28. The average Bonchev–Trinajstić information content (AvgIpc) is 2.88. The quantitative estimate of drug-likeness (QED) is 0.868. The van der Waals surface area contributed by atoms with E-state index in [0.29, 0.717) is 6.04 Å². The Morgan fingerprint density at radius 2 is 1.88 bits per heavy atom. The van der Waals surface area contributed by atoms with E-state index in [2.05, 4.69) is 29.3 Å². The highest BCUT2D eigenvalue weighted by atomic mass is 35.5. The Balaban J connectivity index is 1.75. The first-order chi connectivity index (χ1) is 8.25. The number of likely N-dealkylation sites (tertiary alicyclic amines) is 1. The molecule has 17 heavy (non-hydrogen) atoms. The van der Waals surface area contributed by atoms with Gasteiger partial charge in [0.15, 0.2) is 0 Å². The zero-order chi connectivity index (χ0) is 11.8. The molecule has 2 aliphatic rings. The lowest BCUT2D eigenvalue weighted by molar-refractivity contribution is 0.244. The van der Waals surface area contributed by atoms with Crippen LogP contribution in [0.4, 0.5) is 0 Å². The summed E-state index contributed by atoms with van der Waals surface area (Å²) in [6.45, 7) is 7.08. The van der Waals surface area contributed by atoms with Crippen molar-refractivity contribution >= 4 is 11.6 Å². The topological polar surface area (TPSA) is 15.3 Å². The molecule has 2 fully saturated rings. The molecule has 0 aliphatic carbocycles. The van der Waals surface area contributed by atoms with E-state index in [1.807, 2.05) is 12.1 Å². The third-order valence-corrected chi connectivity index (χ3v) is 4.66. The first-order valence-electron chi connectivity index (χ1n) is 6.45. The molecule has 3 rings (SSSR count). The Bertz CT molecular complexity index is 395. The minimum atomic E-state index is 0.439. The number of benzene rings is 1. The highest BCUT2D eigenvalue weighted by Gasteiger charge is 2.38. The summed E-state index contributed by atoms with van der Waals surface area (Å²) in [7, 11) is 0. The van der Waals surface area contributed by atoms with Crippen LogP contribution in [0.25, 0.3) is 0 Å². The molecule has 2 aliphatic heterocycles. The van der Waals surface area contributed by atoms with Gasteiger partial charge in [0.25, 0.3) is 0 Å². The van der Waals surface area contributed by atoms with Crippen LogP contribution in [-0.4, -0.2) is 31.1 Å². The summed E-state index contributed by atoms with van der Waals surface area (Å²) in [5.41, 5.74) is 1.27. The van der Waals surface area contributed by atoms with Crippen molar-refractivity contribution in [2.45, 2.75) is 13.0 Å². The van der Waals surface area contributed by atoms with E-state index in [9.17, 15) is 0 Å². The molecule has 0 saturated carbocycles. The molecule has 3 atom stereocenters. The smallest absolute Gasteiger partial charge is 0.0453 e. The molecule has 1 aromatic carbocycles. The van der Waals surface area contributed by atoms with Gasteiger partial charge in [-0.2, -0.15) is 0 Å². The Morgan fingerprint density at radius 3 is 2.53 bits per heavy atom. The fourth-order valence-corrected chi connectivity index (χ4v) is 3.51. The van der Waals surface area contributed by atoms with Crippen molar-refractivity contribution in [1.29, 1.82) is 0 Å². The Labute approximate surface area is 108 Å². The molecule has 1 N–H and O–H groups in total. The first kappa shape index (κ1) is 11.5. The standard InChI is InChI=1S/C14H19ClN2/c1-10(13-4-2-3-5-14(13)15)17-8-11-6-16-7-12(11)9-17/h2-5,10-12,16H,6-9H2,1H3. The molecule has 0 aromatic heterocycles. The number of rotatable bonds is 2. The Hall–Kier alpha value is -0.570. The zero-order valence-electron chi connectivity index (χ0n) is 10.2. The van der Waals surface area contributed by atoms with Crippen LogP contribution >= 0.6 is 11.6 Å². The molecule has 0 bridgehead atoms. The Morgan fingerprint density at radius 1 is 1.24 bits per heavy atom. The molecule has 92 valence electrons. The second-order valence-electron chi connectivity index (χ2n) is 5.33. The largest absolute Gasteiger partial charge is 0.316 e. The minimum absolute atomic E-state index is 0.439. The summed E-state index contributed by atoms with van der Waals surface area (Å²) in [6.07, 6.45) is 0. The van der Waals surface area contributed by atoms with Crippen LogP contribution in [0.3, 0.4) is 0 Å². The molecule has 0 amide bonds. The van der Waals surface area contributed by atoms with E-state index in [0.717, 1.165) is 16.9 Å². The number of nitrogens with zero attached hydrogens (tertiary/aromatic N) is 1. The van der Waals surface area contributed by atoms with Gasteiger partial charge in [0.2, 0.25) is 0 Å². The molecular weight excluding hydrogens is 232 g/mol. The van der Waals surface area contributed by atoms with Gasteiger partial charge in [-0.15, -0.1) is 0 Å². The van der Waals surface area contributed by atoms with E-state index >= 15 is 0 Å². The van der Waals surface area contributed by atoms with Crippen molar-refractivity contribution in [3.63, 3.8) is 0 Å². The predicted octanol–water partition coefficient (Wildman–Crippen LogP) is 2.55. The maximum Gasteiger partial charge on any atom is 0.0453 e.